The van der Waals surface area contributed by atoms with E-state index in [0.717, 1.165) is 25.8 Å². The lowest BCUT2D eigenvalue weighted by Crippen LogP contribution is -2.28. The van der Waals surface area contributed by atoms with Gasteiger partial charge in [-0.15, -0.1) is 11.6 Å². The number of carbonyl (C=O) groups is 1. The molecule has 0 heterocycles. The van der Waals surface area contributed by atoms with Gasteiger partial charge in [-0.2, -0.15) is 0 Å². The predicted molar refractivity (Wildman–Crippen MR) is 57.0 cm³/mol. The first-order chi connectivity index (χ1) is 6.24. The molecule has 0 radical (unpaired) electrons. The molecule has 2 nitrogen and oxygen atoms in total. The summed E-state index contributed by atoms with van der Waals surface area (Å²) >= 11 is 5.64. The average Bonchev–Trinajstić information content (AvgIpc) is 2.12. The fourth-order valence-corrected chi connectivity index (χ4v) is 1.49. The number of rotatable bonds is 7. The van der Waals surface area contributed by atoms with Crippen molar-refractivity contribution in [2.45, 2.75) is 39.5 Å². The minimum atomic E-state index is 0.163. The lowest BCUT2D eigenvalue weighted by Gasteiger charge is -2.13. The van der Waals surface area contributed by atoms with Gasteiger partial charge in [0.05, 0.1) is 0 Å². The van der Waals surface area contributed by atoms with E-state index in [1.165, 1.54) is 0 Å². The van der Waals surface area contributed by atoms with Gasteiger partial charge in [0.2, 0.25) is 5.91 Å². The fraction of sp³-hybridized carbons (Fsp3) is 0.900. The number of hydrogen-bond acceptors (Lipinski definition) is 1. The molecule has 0 aliphatic rings. The number of amides is 1. The highest BCUT2D eigenvalue weighted by molar-refractivity contribution is 6.17. The molecule has 3 heteroatoms. The maximum atomic E-state index is 11.1. The van der Waals surface area contributed by atoms with Crippen LogP contribution in [0, 0.1) is 5.92 Å². The Labute approximate surface area is 86.0 Å². The molecule has 0 aromatic carbocycles. The van der Waals surface area contributed by atoms with Crippen LogP contribution in [0.15, 0.2) is 0 Å². The zero-order valence-electron chi connectivity index (χ0n) is 8.61. The summed E-state index contributed by atoms with van der Waals surface area (Å²) in [5.74, 6) is 1.39. The molecule has 1 amide bonds. The van der Waals surface area contributed by atoms with E-state index < -0.39 is 0 Å². The molecule has 78 valence electrons. The van der Waals surface area contributed by atoms with Crippen LogP contribution < -0.4 is 5.32 Å². The first kappa shape index (κ1) is 12.8. The van der Waals surface area contributed by atoms with Crippen LogP contribution in [0.3, 0.4) is 0 Å². The number of nitrogens with one attached hydrogen (secondary N) is 1. The Bertz CT molecular complexity index is 139. The van der Waals surface area contributed by atoms with E-state index in [1.54, 1.807) is 0 Å². The third kappa shape index (κ3) is 6.88. The highest BCUT2D eigenvalue weighted by Crippen LogP contribution is 2.07. The van der Waals surface area contributed by atoms with Gasteiger partial charge in [-0.25, -0.2) is 0 Å². The molecule has 0 spiro atoms. The lowest BCUT2D eigenvalue weighted by atomic mass is 10.0. The smallest absolute Gasteiger partial charge is 0.219 e. The second-order valence-electron chi connectivity index (χ2n) is 3.31. The molecule has 13 heavy (non-hydrogen) atoms. The SMILES string of the molecule is CCCC(=O)NCC(CC)CCCl. The summed E-state index contributed by atoms with van der Waals surface area (Å²) in [6.07, 6.45) is 3.62. The van der Waals surface area contributed by atoms with Crippen molar-refractivity contribution in [2.75, 3.05) is 12.4 Å². The van der Waals surface area contributed by atoms with Gasteiger partial charge in [-0.05, 0) is 18.8 Å². The van der Waals surface area contributed by atoms with Crippen LogP contribution in [0.5, 0.6) is 0 Å². The molecule has 1 atom stereocenters. The Morgan fingerprint density at radius 3 is 2.62 bits per heavy atom. The van der Waals surface area contributed by atoms with Crippen LogP contribution in [-0.2, 0) is 4.79 Å². The second-order valence-corrected chi connectivity index (χ2v) is 3.68. The van der Waals surface area contributed by atoms with Crippen molar-refractivity contribution in [1.82, 2.24) is 5.32 Å². The maximum absolute atomic E-state index is 11.1. The molecule has 0 aromatic heterocycles. The molecule has 0 fully saturated rings. The average molecular weight is 206 g/mol. The Hall–Kier alpha value is -0.240. The molecule has 0 saturated carbocycles. The summed E-state index contributed by atoms with van der Waals surface area (Å²) in [6, 6.07) is 0. The summed E-state index contributed by atoms with van der Waals surface area (Å²) in [4.78, 5) is 11.1. The number of carbonyl (C=O) groups excluding carboxylic acids is 1. The van der Waals surface area contributed by atoms with Crippen LogP contribution in [0.2, 0.25) is 0 Å². The minimum Gasteiger partial charge on any atom is -0.356 e. The lowest BCUT2D eigenvalue weighted by molar-refractivity contribution is -0.121. The highest BCUT2D eigenvalue weighted by Gasteiger charge is 2.06. The monoisotopic (exact) mass is 205 g/mol. The molecular weight excluding hydrogens is 186 g/mol. The largest absolute Gasteiger partial charge is 0.356 e. The Morgan fingerprint density at radius 1 is 1.46 bits per heavy atom. The first-order valence-electron chi connectivity index (χ1n) is 5.07. The predicted octanol–water partition coefficient (Wildman–Crippen LogP) is 2.56. The molecule has 0 aromatic rings. The van der Waals surface area contributed by atoms with Gasteiger partial charge in [-0.1, -0.05) is 20.3 Å². The fourth-order valence-electron chi connectivity index (χ4n) is 1.18. The maximum Gasteiger partial charge on any atom is 0.219 e. The van der Waals surface area contributed by atoms with Gasteiger partial charge in [0, 0.05) is 18.8 Å². The third-order valence-electron chi connectivity index (χ3n) is 2.16. The van der Waals surface area contributed by atoms with Crippen LogP contribution in [0.1, 0.15) is 39.5 Å². The van der Waals surface area contributed by atoms with E-state index in [4.69, 9.17) is 11.6 Å². The van der Waals surface area contributed by atoms with Crippen molar-refractivity contribution >= 4 is 17.5 Å². The quantitative estimate of drug-likeness (QED) is 0.636. The van der Waals surface area contributed by atoms with E-state index >= 15 is 0 Å². The Kier molecular flexibility index (Phi) is 8.21. The summed E-state index contributed by atoms with van der Waals surface area (Å²) in [7, 11) is 0. The Balaban J connectivity index is 3.52. The second kappa shape index (κ2) is 8.36. The number of halogens is 1. The Morgan fingerprint density at radius 2 is 2.15 bits per heavy atom. The van der Waals surface area contributed by atoms with Crippen LogP contribution in [0.4, 0.5) is 0 Å². The molecule has 0 saturated heterocycles. The van der Waals surface area contributed by atoms with Gasteiger partial charge < -0.3 is 5.32 Å². The molecule has 1 N–H and O–H groups in total. The van der Waals surface area contributed by atoms with Crippen molar-refractivity contribution in [2.24, 2.45) is 5.92 Å². The third-order valence-corrected chi connectivity index (χ3v) is 2.38. The molecule has 0 aliphatic carbocycles. The van der Waals surface area contributed by atoms with E-state index in [0.29, 0.717) is 18.2 Å². The van der Waals surface area contributed by atoms with Crippen molar-refractivity contribution in [1.29, 1.82) is 0 Å². The summed E-state index contributed by atoms with van der Waals surface area (Å²) < 4.78 is 0. The van der Waals surface area contributed by atoms with Crippen molar-refractivity contribution < 1.29 is 4.79 Å². The van der Waals surface area contributed by atoms with Crippen molar-refractivity contribution in [3.8, 4) is 0 Å². The normalized spacial score (nSPS) is 12.5. The van der Waals surface area contributed by atoms with Crippen molar-refractivity contribution in [3.05, 3.63) is 0 Å². The highest BCUT2D eigenvalue weighted by atomic mass is 35.5. The summed E-state index contributed by atoms with van der Waals surface area (Å²) in [6.45, 7) is 4.92. The molecule has 0 aliphatic heterocycles. The summed E-state index contributed by atoms with van der Waals surface area (Å²) in [5.41, 5.74) is 0. The summed E-state index contributed by atoms with van der Waals surface area (Å²) in [5, 5.41) is 2.92. The van der Waals surface area contributed by atoms with Gasteiger partial charge in [0.1, 0.15) is 0 Å². The molecule has 0 rings (SSSR count). The number of hydrogen-bond donors (Lipinski definition) is 1. The van der Waals surface area contributed by atoms with Crippen LogP contribution >= 0.6 is 11.6 Å². The topological polar surface area (TPSA) is 29.1 Å². The minimum absolute atomic E-state index is 0.163. The standard InChI is InChI=1S/C10H20ClNO/c1-3-5-10(13)12-8-9(4-2)6-7-11/h9H,3-8H2,1-2H3,(H,12,13). The van der Waals surface area contributed by atoms with Gasteiger partial charge in [0.25, 0.3) is 0 Å². The van der Waals surface area contributed by atoms with E-state index in [2.05, 4.69) is 12.2 Å². The molecule has 1 unspecified atom stereocenters. The van der Waals surface area contributed by atoms with E-state index in [9.17, 15) is 4.79 Å². The number of alkyl halides is 1. The van der Waals surface area contributed by atoms with E-state index in [1.807, 2.05) is 6.92 Å². The molecular formula is C10H20ClNO. The van der Waals surface area contributed by atoms with Gasteiger partial charge >= 0.3 is 0 Å². The van der Waals surface area contributed by atoms with Crippen LogP contribution in [0.25, 0.3) is 0 Å². The molecule has 0 bridgehead atoms. The first-order valence-corrected chi connectivity index (χ1v) is 5.60. The van der Waals surface area contributed by atoms with Gasteiger partial charge in [-0.3, -0.25) is 4.79 Å². The van der Waals surface area contributed by atoms with Gasteiger partial charge in [0.15, 0.2) is 0 Å². The van der Waals surface area contributed by atoms with E-state index in [-0.39, 0.29) is 5.91 Å². The van der Waals surface area contributed by atoms with Crippen molar-refractivity contribution in [3.63, 3.8) is 0 Å². The zero-order chi connectivity index (χ0) is 10.1. The van der Waals surface area contributed by atoms with Crippen LogP contribution in [-0.4, -0.2) is 18.3 Å². The zero-order valence-corrected chi connectivity index (χ0v) is 9.36.